The van der Waals surface area contributed by atoms with E-state index in [1.54, 1.807) is 0 Å². The molecule has 0 saturated heterocycles. The van der Waals surface area contributed by atoms with Gasteiger partial charge in [-0.2, -0.15) is 0 Å². The minimum Gasteiger partial charge on any atom is -0.244 e. The van der Waals surface area contributed by atoms with Crippen LogP contribution in [-0.4, -0.2) is 9.97 Å². The lowest BCUT2D eigenvalue weighted by molar-refractivity contribution is 1.41. The van der Waals surface area contributed by atoms with E-state index in [4.69, 9.17) is 9.97 Å². The number of nitrogens with zero attached hydrogens (tertiary/aromatic N) is 2. The maximum Gasteiger partial charge on any atom is 0.0973 e. The van der Waals surface area contributed by atoms with Crippen LogP contribution in [0.3, 0.4) is 0 Å². The first kappa shape index (κ1) is 11.6. The monoisotopic (exact) mass is 280 g/mol. The zero-order valence-corrected chi connectivity index (χ0v) is 11.8. The molecule has 0 unspecified atom stereocenters. The van der Waals surface area contributed by atoms with Crippen LogP contribution in [0.4, 0.5) is 0 Å². The molecule has 2 nitrogen and oxygen atoms in total. The first-order valence-electron chi connectivity index (χ1n) is 7.37. The molecule has 0 atom stereocenters. The van der Waals surface area contributed by atoms with Crippen molar-refractivity contribution in [1.82, 2.24) is 9.97 Å². The number of benzene rings is 4. The Kier molecular flexibility index (Phi) is 2.25. The minimum atomic E-state index is 0.940. The maximum absolute atomic E-state index is 4.85. The molecule has 1 heterocycles. The van der Waals surface area contributed by atoms with Crippen molar-refractivity contribution in [2.45, 2.75) is 0 Å². The van der Waals surface area contributed by atoms with Crippen molar-refractivity contribution in [2.75, 3.05) is 0 Å². The van der Waals surface area contributed by atoms with Gasteiger partial charge in [-0.05, 0) is 34.4 Å². The molecule has 0 aliphatic carbocycles. The Bertz CT molecular complexity index is 1170. The summed E-state index contributed by atoms with van der Waals surface area (Å²) < 4.78 is 0. The average Bonchev–Trinajstić information content (AvgIpc) is 2.59. The molecule has 0 fully saturated rings. The third-order valence-corrected chi connectivity index (χ3v) is 4.23. The van der Waals surface area contributed by atoms with Crippen LogP contribution >= 0.6 is 0 Å². The molecular weight excluding hydrogens is 268 g/mol. The number of hydrogen-bond acceptors (Lipinski definition) is 2. The molecule has 5 aromatic rings. The molecule has 2 heteroatoms. The Hall–Kier alpha value is -3.00. The Morgan fingerprint density at radius 2 is 1.18 bits per heavy atom. The molecular formula is C20H12N2. The fraction of sp³-hybridized carbons (Fsp3) is 0. The summed E-state index contributed by atoms with van der Waals surface area (Å²) in [6, 6.07) is 25.0. The third kappa shape index (κ3) is 1.55. The van der Waals surface area contributed by atoms with Gasteiger partial charge >= 0.3 is 0 Å². The molecule has 0 spiro atoms. The zero-order chi connectivity index (χ0) is 14.5. The summed E-state index contributed by atoms with van der Waals surface area (Å²) in [5, 5.41) is 4.91. The summed E-state index contributed by atoms with van der Waals surface area (Å²) in [6.07, 6.45) is 0. The van der Waals surface area contributed by atoms with Crippen LogP contribution in [-0.2, 0) is 0 Å². The lowest BCUT2D eigenvalue weighted by Crippen LogP contribution is -1.89. The van der Waals surface area contributed by atoms with Crippen LogP contribution in [0.1, 0.15) is 0 Å². The molecule has 0 bridgehead atoms. The Morgan fingerprint density at radius 3 is 2.09 bits per heavy atom. The van der Waals surface area contributed by atoms with Gasteiger partial charge in [0.15, 0.2) is 0 Å². The van der Waals surface area contributed by atoms with E-state index >= 15 is 0 Å². The second-order valence-corrected chi connectivity index (χ2v) is 5.53. The van der Waals surface area contributed by atoms with Crippen molar-refractivity contribution in [3.05, 3.63) is 72.8 Å². The van der Waals surface area contributed by atoms with Crippen LogP contribution in [0.25, 0.3) is 43.6 Å². The van der Waals surface area contributed by atoms with E-state index in [0.29, 0.717) is 0 Å². The van der Waals surface area contributed by atoms with Crippen molar-refractivity contribution < 1.29 is 0 Å². The highest BCUT2D eigenvalue weighted by Crippen LogP contribution is 2.30. The van der Waals surface area contributed by atoms with Gasteiger partial charge in [0.2, 0.25) is 0 Å². The molecule has 0 saturated carbocycles. The van der Waals surface area contributed by atoms with Gasteiger partial charge in [-0.15, -0.1) is 0 Å². The van der Waals surface area contributed by atoms with E-state index in [1.165, 1.54) is 16.2 Å². The fourth-order valence-corrected chi connectivity index (χ4v) is 3.17. The van der Waals surface area contributed by atoms with Crippen molar-refractivity contribution in [1.29, 1.82) is 0 Å². The number of aromatic nitrogens is 2. The first-order valence-corrected chi connectivity index (χ1v) is 7.37. The van der Waals surface area contributed by atoms with Crippen LogP contribution in [0, 0.1) is 0 Å². The molecule has 102 valence electrons. The van der Waals surface area contributed by atoms with Gasteiger partial charge in [0.05, 0.1) is 22.1 Å². The van der Waals surface area contributed by atoms with Crippen LogP contribution in [0.5, 0.6) is 0 Å². The van der Waals surface area contributed by atoms with Crippen molar-refractivity contribution in [3.63, 3.8) is 0 Å². The van der Waals surface area contributed by atoms with E-state index in [0.717, 1.165) is 27.5 Å². The normalized spacial score (nSPS) is 11.6. The Balaban J connectivity index is 2.02. The smallest absolute Gasteiger partial charge is 0.0973 e. The molecule has 0 aliphatic heterocycles. The number of fused-ring (bicyclic) bond motifs is 6. The van der Waals surface area contributed by atoms with Crippen LogP contribution in [0.2, 0.25) is 0 Å². The van der Waals surface area contributed by atoms with Gasteiger partial charge in [0.1, 0.15) is 0 Å². The van der Waals surface area contributed by atoms with Gasteiger partial charge in [0.25, 0.3) is 0 Å². The summed E-state index contributed by atoms with van der Waals surface area (Å²) >= 11 is 0. The second kappa shape index (κ2) is 4.25. The van der Waals surface area contributed by atoms with E-state index in [2.05, 4.69) is 48.5 Å². The van der Waals surface area contributed by atoms with E-state index in [1.807, 2.05) is 24.3 Å². The fourth-order valence-electron chi connectivity index (χ4n) is 3.17. The number of para-hydroxylation sites is 2. The summed E-state index contributed by atoms with van der Waals surface area (Å²) in [7, 11) is 0. The summed E-state index contributed by atoms with van der Waals surface area (Å²) in [5.41, 5.74) is 3.80. The van der Waals surface area contributed by atoms with Gasteiger partial charge < -0.3 is 0 Å². The predicted octanol–water partition coefficient (Wildman–Crippen LogP) is 5.09. The van der Waals surface area contributed by atoms with Gasteiger partial charge in [0, 0.05) is 5.39 Å². The lowest BCUT2D eigenvalue weighted by Gasteiger charge is -2.07. The number of rotatable bonds is 0. The SMILES string of the molecule is c1ccc2c(c1)ccc1c2ccc2nc3ccccc3nc21. The molecule has 5 rings (SSSR count). The van der Waals surface area contributed by atoms with E-state index in [-0.39, 0.29) is 0 Å². The van der Waals surface area contributed by atoms with Crippen molar-refractivity contribution in [3.8, 4) is 0 Å². The molecule has 0 amide bonds. The molecule has 0 N–H and O–H groups in total. The first-order chi connectivity index (χ1) is 10.9. The van der Waals surface area contributed by atoms with E-state index in [9.17, 15) is 0 Å². The maximum atomic E-state index is 4.85. The number of hydrogen-bond donors (Lipinski definition) is 0. The molecule has 22 heavy (non-hydrogen) atoms. The standard InChI is InChI=1S/C20H12N2/c1-2-6-14-13(5-1)9-10-16-15(14)11-12-19-20(16)22-18-8-4-3-7-17(18)21-19/h1-12H. The van der Waals surface area contributed by atoms with Gasteiger partial charge in [-0.25, -0.2) is 9.97 Å². The topological polar surface area (TPSA) is 25.8 Å². The average molecular weight is 280 g/mol. The highest BCUT2D eigenvalue weighted by Gasteiger charge is 2.07. The van der Waals surface area contributed by atoms with Crippen LogP contribution < -0.4 is 0 Å². The Labute approximate surface area is 127 Å². The third-order valence-electron chi connectivity index (χ3n) is 4.23. The predicted molar refractivity (Wildman–Crippen MR) is 92.1 cm³/mol. The summed E-state index contributed by atoms with van der Waals surface area (Å²) in [6.45, 7) is 0. The molecule has 0 radical (unpaired) electrons. The largest absolute Gasteiger partial charge is 0.244 e. The Morgan fingerprint density at radius 1 is 0.455 bits per heavy atom. The van der Waals surface area contributed by atoms with Crippen molar-refractivity contribution in [2.24, 2.45) is 0 Å². The zero-order valence-electron chi connectivity index (χ0n) is 11.8. The summed E-state index contributed by atoms with van der Waals surface area (Å²) in [4.78, 5) is 9.60. The van der Waals surface area contributed by atoms with E-state index < -0.39 is 0 Å². The molecule has 1 aromatic heterocycles. The quantitative estimate of drug-likeness (QED) is 0.292. The van der Waals surface area contributed by atoms with Gasteiger partial charge in [-0.1, -0.05) is 54.6 Å². The summed E-state index contributed by atoms with van der Waals surface area (Å²) in [5.74, 6) is 0. The van der Waals surface area contributed by atoms with Crippen molar-refractivity contribution >= 4 is 43.6 Å². The minimum absolute atomic E-state index is 0.940. The molecule has 4 aromatic carbocycles. The molecule has 0 aliphatic rings. The van der Waals surface area contributed by atoms with Gasteiger partial charge in [-0.3, -0.25) is 0 Å². The van der Waals surface area contributed by atoms with Crippen LogP contribution in [0.15, 0.2) is 72.8 Å². The highest BCUT2D eigenvalue weighted by atomic mass is 14.8. The second-order valence-electron chi connectivity index (χ2n) is 5.53. The highest BCUT2D eigenvalue weighted by molar-refractivity contribution is 6.16. The lowest BCUT2D eigenvalue weighted by atomic mass is 10.0.